The summed E-state index contributed by atoms with van der Waals surface area (Å²) in [5.74, 6) is 0. The number of hydrogen-bond acceptors (Lipinski definition) is 0. The summed E-state index contributed by atoms with van der Waals surface area (Å²) in [6, 6.07) is 0. The van der Waals surface area contributed by atoms with Crippen LogP contribution in [0.5, 0.6) is 0 Å². The quantitative estimate of drug-likeness (QED) is 0.337. The molecule has 0 N–H and O–H groups in total. The van der Waals surface area contributed by atoms with E-state index in [0.717, 1.165) is 12.8 Å². The van der Waals surface area contributed by atoms with Crippen molar-refractivity contribution in [3.63, 3.8) is 0 Å². The van der Waals surface area contributed by atoms with Crippen molar-refractivity contribution in [2.45, 2.75) is 51.4 Å². The summed E-state index contributed by atoms with van der Waals surface area (Å²) in [4.78, 5) is 0. The minimum atomic E-state index is 1.11. The van der Waals surface area contributed by atoms with Gasteiger partial charge in [-0.05, 0) is 12.8 Å². The Balaban J connectivity index is 0.000000283. The van der Waals surface area contributed by atoms with Crippen molar-refractivity contribution in [2.75, 3.05) is 0 Å². The maximum absolute atomic E-state index is 4.64. The molecule has 0 aromatic heterocycles. The molecule has 0 fully saturated rings. The van der Waals surface area contributed by atoms with E-state index < -0.39 is 0 Å². The van der Waals surface area contributed by atoms with Gasteiger partial charge in [0.15, 0.2) is 0 Å². The standard InChI is InChI=1S/2C8H11.ClH.Ir/c2*1-2-4-6-8-7-5-3-1;;/h2*1-2,7H,3-6H2;1H;/q2*-1;;+3/p-1. The van der Waals surface area contributed by atoms with Crippen LogP contribution in [0.25, 0.3) is 0 Å². The zero-order valence-electron chi connectivity index (χ0n) is 10.8. The molecule has 0 amide bonds. The van der Waals surface area contributed by atoms with Crippen LogP contribution in [-0.4, -0.2) is 0 Å². The van der Waals surface area contributed by atoms with Gasteiger partial charge in [0.2, 0.25) is 0 Å². The first-order valence-corrected chi connectivity index (χ1v) is 9.49. The predicted octanol–water partition coefficient (Wildman–Crippen LogP) is 5.64. The summed E-state index contributed by atoms with van der Waals surface area (Å²) in [5, 5.41) is 0. The predicted molar refractivity (Wildman–Crippen MR) is 76.7 cm³/mol. The Morgan fingerprint density at radius 3 is 1.44 bits per heavy atom. The molecule has 0 radical (unpaired) electrons. The second-order valence-corrected chi connectivity index (χ2v) is 3.99. The van der Waals surface area contributed by atoms with Crippen LogP contribution in [0.4, 0.5) is 0 Å². The van der Waals surface area contributed by atoms with Crippen molar-refractivity contribution < 1.29 is 17.9 Å². The Bertz CT molecular complexity index is 184. The van der Waals surface area contributed by atoms with Crippen molar-refractivity contribution in [3.8, 4) is 0 Å². The number of rotatable bonds is 0. The fourth-order valence-corrected chi connectivity index (χ4v) is 1.57. The molecule has 2 heteroatoms. The molecule has 0 unspecified atom stereocenters. The van der Waals surface area contributed by atoms with Crippen molar-refractivity contribution >= 4 is 9.58 Å². The van der Waals surface area contributed by atoms with Gasteiger partial charge in [-0.15, -0.1) is 0 Å². The average Bonchev–Trinajstić information content (AvgIpc) is 2.30. The molecule has 2 aliphatic rings. The third-order valence-corrected chi connectivity index (χ3v) is 2.49. The van der Waals surface area contributed by atoms with E-state index >= 15 is 0 Å². The van der Waals surface area contributed by atoms with Gasteiger partial charge in [0.05, 0.1) is 0 Å². The second-order valence-electron chi connectivity index (χ2n) is 3.99. The summed E-state index contributed by atoms with van der Waals surface area (Å²) in [6.07, 6.45) is 29.0. The van der Waals surface area contributed by atoms with E-state index in [-0.39, 0.29) is 0 Å². The van der Waals surface area contributed by atoms with Crippen molar-refractivity contribution in [1.82, 2.24) is 0 Å². The van der Waals surface area contributed by atoms with E-state index in [1.165, 1.54) is 56.4 Å². The molecule has 18 heavy (non-hydrogen) atoms. The number of halogens is 1. The zero-order chi connectivity index (χ0) is 13.3. The second kappa shape index (κ2) is 16.9. The Morgan fingerprint density at radius 1 is 0.611 bits per heavy atom. The summed E-state index contributed by atoms with van der Waals surface area (Å²) in [5.41, 5.74) is 0. The van der Waals surface area contributed by atoms with Crippen LogP contribution in [0.15, 0.2) is 36.5 Å². The van der Waals surface area contributed by atoms with E-state index in [9.17, 15) is 0 Å². The molecule has 0 aromatic rings. The molecule has 0 nitrogen and oxygen atoms in total. The minimum absolute atomic E-state index is 1.11. The van der Waals surface area contributed by atoms with Crippen LogP contribution >= 0.6 is 9.58 Å². The summed E-state index contributed by atoms with van der Waals surface area (Å²) < 4.78 is 0. The molecule has 0 aliphatic heterocycles. The molecule has 0 saturated carbocycles. The van der Waals surface area contributed by atoms with Gasteiger partial charge in [-0.1, -0.05) is 50.0 Å². The first-order chi connectivity index (χ1) is 9.00. The molecule has 0 bridgehead atoms. The third kappa shape index (κ3) is 14.0. The molecule has 102 valence electrons. The van der Waals surface area contributed by atoms with Gasteiger partial charge in [-0.25, -0.2) is 0 Å². The Kier molecular flexibility index (Phi) is 16.8. The van der Waals surface area contributed by atoms with E-state index in [2.05, 4.69) is 58.2 Å². The van der Waals surface area contributed by atoms with Crippen molar-refractivity contribution in [1.29, 1.82) is 0 Å². The van der Waals surface area contributed by atoms with Gasteiger partial charge in [0, 0.05) is 0 Å². The van der Waals surface area contributed by atoms with Gasteiger partial charge in [0.1, 0.15) is 0 Å². The Morgan fingerprint density at radius 2 is 1.00 bits per heavy atom. The maximum atomic E-state index is 4.64. The number of allylic oxidation sites excluding steroid dienone is 8. The SMILES string of the molecule is [C-]1=CCCC=CCC1.[C-]1=CCCC=CCC1.[Cl][Ir+2]. The van der Waals surface area contributed by atoms with Crippen LogP contribution in [0.2, 0.25) is 0 Å². The monoisotopic (exact) mass is 442 g/mol. The topological polar surface area (TPSA) is 0 Å². The van der Waals surface area contributed by atoms with Crippen molar-refractivity contribution in [3.05, 3.63) is 48.6 Å². The third-order valence-electron chi connectivity index (χ3n) is 2.49. The fourth-order valence-electron chi connectivity index (χ4n) is 1.57. The molecule has 0 saturated heterocycles. The van der Waals surface area contributed by atoms with Crippen LogP contribution in [0, 0.1) is 12.2 Å². The zero-order valence-corrected chi connectivity index (χ0v) is 14.0. The van der Waals surface area contributed by atoms with Gasteiger partial charge in [0.25, 0.3) is 0 Å². The first-order valence-electron chi connectivity index (χ1n) is 6.53. The fraction of sp³-hybridized carbons (Fsp3) is 0.500. The van der Waals surface area contributed by atoms with Crippen LogP contribution in [0.1, 0.15) is 51.4 Å². The molecule has 0 aromatic carbocycles. The molecule has 0 heterocycles. The summed E-state index contributed by atoms with van der Waals surface area (Å²) >= 11 is 1.47. The van der Waals surface area contributed by atoms with E-state index in [1.54, 1.807) is 0 Å². The molecule has 2 aliphatic carbocycles. The van der Waals surface area contributed by atoms with Gasteiger partial charge >= 0.3 is 27.5 Å². The van der Waals surface area contributed by atoms with Crippen LogP contribution in [0.3, 0.4) is 0 Å². The van der Waals surface area contributed by atoms with Crippen LogP contribution < -0.4 is 0 Å². The summed E-state index contributed by atoms with van der Waals surface area (Å²) in [7, 11) is 4.64. The average molecular weight is 442 g/mol. The van der Waals surface area contributed by atoms with E-state index in [4.69, 9.17) is 0 Å². The van der Waals surface area contributed by atoms with E-state index in [0.29, 0.717) is 0 Å². The van der Waals surface area contributed by atoms with Gasteiger partial charge < -0.3 is 12.2 Å². The van der Waals surface area contributed by atoms with Crippen molar-refractivity contribution in [2.24, 2.45) is 0 Å². The molecular formula is C16H22ClIr. The molecule has 0 spiro atoms. The first kappa shape index (κ1) is 17.9. The number of hydrogen-bond donors (Lipinski definition) is 0. The van der Waals surface area contributed by atoms with Gasteiger partial charge in [-0.2, -0.15) is 12.8 Å². The molecule has 0 atom stereocenters. The normalized spacial score (nSPS) is 18.1. The Hall–Kier alpha value is -0.101. The molecule has 2 rings (SSSR count). The van der Waals surface area contributed by atoms with Crippen LogP contribution in [-0.2, 0) is 17.9 Å². The van der Waals surface area contributed by atoms with E-state index in [1.807, 2.05) is 0 Å². The summed E-state index contributed by atoms with van der Waals surface area (Å²) in [6.45, 7) is 0. The van der Waals surface area contributed by atoms with Gasteiger partial charge in [-0.3, -0.25) is 12.2 Å². The Labute approximate surface area is 127 Å². The molecular weight excluding hydrogens is 420 g/mol.